The van der Waals surface area contributed by atoms with Gasteiger partial charge in [-0.15, -0.1) is 0 Å². The summed E-state index contributed by atoms with van der Waals surface area (Å²) in [6.07, 6.45) is 2.53. The number of piperidine rings is 1. The highest BCUT2D eigenvalue weighted by Gasteiger charge is 2.22. The van der Waals surface area contributed by atoms with Gasteiger partial charge >= 0.3 is 0 Å². The van der Waals surface area contributed by atoms with Crippen molar-refractivity contribution in [3.8, 4) is 5.75 Å². The molecule has 1 unspecified atom stereocenters. The Labute approximate surface area is 116 Å². The second kappa shape index (κ2) is 5.83. The van der Waals surface area contributed by atoms with Gasteiger partial charge in [0.1, 0.15) is 5.75 Å². The number of rotatable bonds is 3. The Morgan fingerprint density at radius 1 is 1.21 bits per heavy atom. The van der Waals surface area contributed by atoms with Crippen LogP contribution in [0.2, 0.25) is 0 Å². The predicted octanol–water partition coefficient (Wildman–Crippen LogP) is 3.15. The molecule has 0 radical (unpaired) electrons. The van der Waals surface area contributed by atoms with E-state index in [0.717, 1.165) is 22.7 Å². The number of benzene rings is 1. The van der Waals surface area contributed by atoms with E-state index in [-0.39, 0.29) is 0 Å². The zero-order valence-electron chi connectivity index (χ0n) is 12.5. The van der Waals surface area contributed by atoms with Gasteiger partial charge in [-0.2, -0.15) is 0 Å². The second-order valence-corrected chi connectivity index (χ2v) is 6.03. The highest BCUT2D eigenvalue weighted by molar-refractivity contribution is 5.57. The lowest BCUT2D eigenvalue weighted by Gasteiger charge is -2.33. The molecule has 19 heavy (non-hydrogen) atoms. The van der Waals surface area contributed by atoms with Crippen molar-refractivity contribution in [2.45, 2.75) is 39.7 Å². The first-order valence-electron chi connectivity index (χ1n) is 7.22. The van der Waals surface area contributed by atoms with Crippen molar-refractivity contribution in [2.75, 3.05) is 25.5 Å². The number of nitrogens with zero attached hydrogens (tertiary/aromatic N) is 1. The molecule has 1 atom stereocenters. The number of likely N-dealkylation sites (tertiary alicyclic amines) is 1. The zero-order valence-corrected chi connectivity index (χ0v) is 12.5. The van der Waals surface area contributed by atoms with E-state index in [0.29, 0.717) is 11.8 Å². The number of hydrogen-bond acceptors (Lipinski definition) is 3. The number of phenolic OH excluding ortho intramolecular Hbond substituents is 1. The fourth-order valence-electron chi connectivity index (χ4n) is 2.85. The van der Waals surface area contributed by atoms with Crippen LogP contribution in [0, 0.1) is 19.8 Å². The van der Waals surface area contributed by atoms with Crippen LogP contribution in [0.5, 0.6) is 5.75 Å². The molecule has 1 aromatic rings. The molecule has 0 spiro atoms. The van der Waals surface area contributed by atoms with Crippen molar-refractivity contribution < 1.29 is 5.11 Å². The Balaban J connectivity index is 2.02. The molecule has 2 N–H and O–H groups in total. The number of nitrogens with one attached hydrogen (secondary N) is 1. The molecule has 3 heteroatoms. The molecule has 2 rings (SSSR count). The Hall–Kier alpha value is -1.22. The minimum Gasteiger partial charge on any atom is -0.508 e. The van der Waals surface area contributed by atoms with E-state index in [9.17, 15) is 5.11 Å². The van der Waals surface area contributed by atoms with Gasteiger partial charge in [-0.1, -0.05) is 0 Å². The highest BCUT2D eigenvalue weighted by atomic mass is 16.3. The predicted molar refractivity (Wildman–Crippen MR) is 80.9 cm³/mol. The third-order valence-corrected chi connectivity index (χ3v) is 4.40. The molecule has 0 bridgehead atoms. The zero-order chi connectivity index (χ0) is 14.0. The molecule has 0 aromatic heterocycles. The summed E-state index contributed by atoms with van der Waals surface area (Å²) in [5.74, 6) is 1.12. The van der Waals surface area contributed by atoms with Crippen LogP contribution in [-0.2, 0) is 0 Å². The van der Waals surface area contributed by atoms with Crippen molar-refractivity contribution in [1.82, 2.24) is 4.90 Å². The van der Waals surface area contributed by atoms with E-state index >= 15 is 0 Å². The summed E-state index contributed by atoms with van der Waals surface area (Å²) in [7, 11) is 2.20. The smallest absolute Gasteiger partial charge is 0.118 e. The van der Waals surface area contributed by atoms with Crippen LogP contribution < -0.4 is 5.32 Å². The summed E-state index contributed by atoms with van der Waals surface area (Å²) in [5, 5.41) is 13.3. The van der Waals surface area contributed by atoms with Crippen molar-refractivity contribution in [3.05, 3.63) is 23.3 Å². The summed E-state index contributed by atoms with van der Waals surface area (Å²) in [6.45, 7) is 8.66. The van der Waals surface area contributed by atoms with E-state index in [1.165, 1.54) is 25.9 Å². The molecular weight excluding hydrogens is 236 g/mol. The molecule has 3 nitrogen and oxygen atoms in total. The van der Waals surface area contributed by atoms with Gasteiger partial charge in [0.05, 0.1) is 0 Å². The molecule has 1 aromatic carbocycles. The maximum atomic E-state index is 9.70. The topological polar surface area (TPSA) is 35.5 Å². The normalized spacial score (nSPS) is 19.4. The minimum absolute atomic E-state index is 0.384. The molecule has 106 valence electrons. The molecule has 0 saturated carbocycles. The van der Waals surface area contributed by atoms with E-state index in [2.05, 4.69) is 30.3 Å². The van der Waals surface area contributed by atoms with Crippen LogP contribution in [0.25, 0.3) is 0 Å². The third-order valence-electron chi connectivity index (χ3n) is 4.40. The van der Waals surface area contributed by atoms with Gasteiger partial charge in [-0.3, -0.25) is 0 Å². The largest absolute Gasteiger partial charge is 0.508 e. The van der Waals surface area contributed by atoms with E-state index in [4.69, 9.17) is 0 Å². The molecule has 1 aliphatic rings. The average Bonchev–Trinajstić information content (AvgIpc) is 2.36. The van der Waals surface area contributed by atoms with Gasteiger partial charge in [0.25, 0.3) is 0 Å². The number of phenols is 1. The van der Waals surface area contributed by atoms with E-state index in [1.807, 2.05) is 19.9 Å². The molecule has 0 amide bonds. The van der Waals surface area contributed by atoms with Crippen LogP contribution in [0.15, 0.2) is 12.1 Å². The Bertz CT molecular complexity index is 437. The maximum Gasteiger partial charge on any atom is 0.118 e. The van der Waals surface area contributed by atoms with Gasteiger partial charge in [0, 0.05) is 11.7 Å². The Morgan fingerprint density at radius 2 is 1.84 bits per heavy atom. The fraction of sp³-hybridized carbons (Fsp3) is 0.625. The molecular formula is C16H26N2O. The summed E-state index contributed by atoms with van der Waals surface area (Å²) >= 11 is 0. The first kappa shape index (κ1) is 14.2. The highest BCUT2D eigenvalue weighted by Crippen LogP contribution is 2.28. The van der Waals surface area contributed by atoms with E-state index < -0.39 is 0 Å². The standard InChI is InChI=1S/C16H26N2O/c1-11-10-16(19)12(2)9-15(11)17-13(3)14-5-7-18(4)8-6-14/h9-10,13-14,17,19H,5-8H2,1-4H3. The molecule has 1 saturated heterocycles. The molecule has 1 fully saturated rings. The van der Waals surface area contributed by atoms with Crippen LogP contribution in [-0.4, -0.2) is 36.2 Å². The summed E-state index contributed by atoms with van der Waals surface area (Å²) < 4.78 is 0. The minimum atomic E-state index is 0.384. The Morgan fingerprint density at radius 3 is 2.47 bits per heavy atom. The third kappa shape index (κ3) is 3.41. The van der Waals surface area contributed by atoms with Gasteiger partial charge in [0.15, 0.2) is 0 Å². The van der Waals surface area contributed by atoms with Gasteiger partial charge in [0.2, 0.25) is 0 Å². The van der Waals surface area contributed by atoms with Crippen molar-refractivity contribution in [3.63, 3.8) is 0 Å². The number of aryl methyl sites for hydroxylation is 2. The molecule has 1 heterocycles. The second-order valence-electron chi connectivity index (χ2n) is 6.03. The molecule has 1 aliphatic heterocycles. The Kier molecular flexibility index (Phi) is 4.35. The van der Waals surface area contributed by atoms with Gasteiger partial charge < -0.3 is 15.3 Å². The van der Waals surface area contributed by atoms with Crippen LogP contribution in [0.3, 0.4) is 0 Å². The van der Waals surface area contributed by atoms with Crippen LogP contribution >= 0.6 is 0 Å². The number of aromatic hydroxyl groups is 1. The SMILES string of the molecule is Cc1cc(NC(C)C2CCN(C)CC2)c(C)cc1O. The average molecular weight is 262 g/mol. The van der Waals surface area contributed by atoms with Crippen LogP contribution in [0.1, 0.15) is 30.9 Å². The van der Waals surface area contributed by atoms with Crippen LogP contribution in [0.4, 0.5) is 5.69 Å². The van der Waals surface area contributed by atoms with Crippen molar-refractivity contribution >= 4 is 5.69 Å². The van der Waals surface area contributed by atoms with Gasteiger partial charge in [-0.25, -0.2) is 0 Å². The monoisotopic (exact) mass is 262 g/mol. The first-order chi connectivity index (χ1) is 8.97. The lowest BCUT2D eigenvalue weighted by atomic mass is 9.90. The quantitative estimate of drug-likeness (QED) is 0.821. The lowest BCUT2D eigenvalue weighted by Crippen LogP contribution is -2.37. The number of hydrogen-bond donors (Lipinski definition) is 2. The fourth-order valence-corrected chi connectivity index (χ4v) is 2.85. The van der Waals surface area contributed by atoms with Crippen molar-refractivity contribution in [2.24, 2.45) is 5.92 Å². The maximum absolute atomic E-state index is 9.70. The first-order valence-corrected chi connectivity index (χ1v) is 7.22. The molecule has 0 aliphatic carbocycles. The number of anilines is 1. The summed E-state index contributed by atoms with van der Waals surface area (Å²) in [6, 6.07) is 4.38. The van der Waals surface area contributed by atoms with Gasteiger partial charge in [-0.05, 0) is 82.9 Å². The van der Waals surface area contributed by atoms with E-state index in [1.54, 1.807) is 0 Å². The summed E-state index contributed by atoms with van der Waals surface area (Å²) in [5.41, 5.74) is 3.20. The van der Waals surface area contributed by atoms with Crippen molar-refractivity contribution in [1.29, 1.82) is 0 Å². The lowest BCUT2D eigenvalue weighted by molar-refractivity contribution is 0.208. The summed E-state index contributed by atoms with van der Waals surface area (Å²) in [4.78, 5) is 2.40.